The van der Waals surface area contributed by atoms with Crippen molar-refractivity contribution in [3.05, 3.63) is 57.9 Å². The van der Waals surface area contributed by atoms with Gasteiger partial charge in [-0.3, -0.25) is 0 Å². The van der Waals surface area contributed by atoms with Crippen LogP contribution >= 0.6 is 27.3 Å². The number of anilines is 1. The lowest BCUT2D eigenvalue weighted by Crippen LogP contribution is -1.96. The molecule has 4 heteroatoms. The number of ether oxygens (including phenoxy) is 1. The second kappa shape index (κ2) is 5.23. The average Bonchev–Trinajstić information content (AvgIpc) is 2.84. The zero-order valence-electron chi connectivity index (χ0n) is 10.1. The van der Waals surface area contributed by atoms with Gasteiger partial charge in [0.1, 0.15) is 12.4 Å². The van der Waals surface area contributed by atoms with Crippen molar-refractivity contribution in [1.82, 2.24) is 0 Å². The van der Waals surface area contributed by atoms with Crippen LogP contribution in [-0.4, -0.2) is 0 Å². The highest BCUT2D eigenvalue weighted by atomic mass is 79.9. The van der Waals surface area contributed by atoms with E-state index in [1.807, 2.05) is 18.2 Å². The van der Waals surface area contributed by atoms with E-state index in [0.29, 0.717) is 12.3 Å². The monoisotopic (exact) mass is 333 g/mol. The molecule has 3 aromatic rings. The summed E-state index contributed by atoms with van der Waals surface area (Å²) in [6.07, 6.45) is 0. The summed E-state index contributed by atoms with van der Waals surface area (Å²) >= 11 is 5.19. The maximum Gasteiger partial charge on any atom is 0.136 e. The first-order valence-electron chi connectivity index (χ1n) is 5.87. The summed E-state index contributed by atoms with van der Waals surface area (Å²) in [7, 11) is 0. The Hall–Kier alpha value is -1.52. The molecule has 0 aliphatic rings. The smallest absolute Gasteiger partial charge is 0.136 e. The topological polar surface area (TPSA) is 35.2 Å². The number of rotatable bonds is 3. The van der Waals surface area contributed by atoms with E-state index in [-0.39, 0.29) is 0 Å². The molecule has 0 saturated carbocycles. The molecule has 0 aliphatic carbocycles. The zero-order chi connectivity index (χ0) is 13.2. The molecule has 2 N–H and O–H groups in total. The Bertz CT molecular complexity index is 723. The van der Waals surface area contributed by atoms with E-state index in [0.717, 1.165) is 10.2 Å². The molecule has 0 fully saturated rings. The molecule has 19 heavy (non-hydrogen) atoms. The summed E-state index contributed by atoms with van der Waals surface area (Å²) in [6, 6.07) is 14.0. The van der Waals surface area contributed by atoms with Crippen LogP contribution in [0.2, 0.25) is 0 Å². The fraction of sp³-hybridized carbons (Fsp3) is 0.0667. The van der Waals surface area contributed by atoms with E-state index in [9.17, 15) is 0 Å². The van der Waals surface area contributed by atoms with E-state index in [4.69, 9.17) is 10.5 Å². The van der Waals surface area contributed by atoms with Crippen LogP contribution in [0.4, 0.5) is 5.69 Å². The fourth-order valence-corrected chi connectivity index (χ4v) is 3.27. The highest BCUT2D eigenvalue weighted by Crippen LogP contribution is 2.32. The first-order chi connectivity index (χ1) is 9.25. The number of fused-ring (bicyclic) bond motifs is 1. The van der Waals surface area contributed by atoms with Crippen LogP contribution in [0.25, 0.3) is 10.1 Å². The van der Waals surface area contributed by atoms with Crippen LogP contribution < -0.4 is 10.5 Å². The van der Waals surface area contributed by atoms with Gasteiger partial charge in [0, 0.05) is 16.0 Å². The predicted molar refractivity (Wildman–Crippen MR) is 84.7 cm³/mol. The van der Waals surface area contributed by atoms with E-state index < -0.39 is 0 Å². The standard InChI is InChI=1S/C15H12BrNOS/c16-15-12(17)5-3-6-13(15)18-8-10-9-19-14-7-2-1-4-11(10)14/h1-7,9H,8,17H2. The van der Waals surface area contributed by atoms with Crippen molar-refractivity contribution in [2.24, 2.45) is 0 Å². The fourth-order valence-electron chi connectivity index (χ4n) is 1.94. The van der Waals surface area contributed by atoms with E-state index in [1.54, 1.807) is 11.3 Å². The van der Waals surface area contributed by atoms with Crippen molar-refractivity contribution >= 4 is 43.0 Å². The van der Waals surface area contributed by atoms with E-state index in [1.165, 1.54) is 15.6 Å². The zero-order valence-corrected chi connectivity index (χ0v) is 12.5. The van der Waals surface area contributed by atoms with Gasteiger partial charge in [-0.2, -0.15) is 0 Å². The third-order valence-electron chi connectivity index (χ3n) is 2.94. The van der Waals surface area contributed by atoms with Crippen molar-refractivity contribution in [3.8, 4) is 5.75 Å². The third kappa shape index (κ3) is 2.46. The lowest BCUT2D eigenvalue weighted by molar-refractivity contribution is 0.306. The molecule has 0 amide bonds. The van der Waals surface area contributed by atoms with Crippen molar-refractivity contribution in [2.45, 2.75) is 6.61 Å². The van der Waals surface area contributed by atoms with E-state index >= 15 is 0 Å². The van der Waals surface area contributed by atoms with Gasteiger partial charge < -0.3 is 10.5 Å². The quantitative estimate of drug-likeness (QED) is 0.697. The number of hydrogen-bond donors (Lipinski definition) is 1. The molecule has 1 aromatic heterocycles. The second-order valence-corrected chi connectivity index (χ2v) is 5.91. The van der Waals surface area contributed by atoms with Crippen LogP contribution in [0.15, 0.2) is 52.3 Å². The van der Waals surface area contributed by atoms with E-state index in [2.05, 4.69) is 45.6 Å². The van der Waals surface area contributed by atoms with Gasteiger partial charge in [-0.1, -0.05) is 24.3 Å². The van der Waals surface area contributed by atoms with Crippen LogP contribution in [-0.2, 0) is 6.61 Å². The Morgan fingerprint density at radius 1 is 1.11 bits per heavy atom. The van der Waals surface area contributed by atoms with Gasteiger partial charge in [-0.25, -0.2) is 0 Å². The van der Waals surface area contributed by atoms with Gasteiger partial charge in [0.05, 0.1) is 4.47 Å². The highest BCUT2D eigenvalue weighted by molar-refractivity contribution is 9.10. The number of thiophene rings is 1. The van der Waals surface area contributed by atoms with Gasteiger partial charge >= 0.3 is 0 Å². The molecular formula is C15H12BrNOS. The molecule has 0 radical (unpaired) electrons. The van der Waals surface area contributed by atoms with Gasteiger partial charge in [-0.15, -0.1) is 11.3 Å². The molecule has 0 atom stereocenters. The number of nitrogens with two attached hydrogens (primary N) is 1. The van der Waals surface area contributed by atoms with Gasteiger partial charge in [-0.05, 0) is 44.9 Å². The summed E-state index contributed by atoms with van der Waals surface area (Å²) in [5.41, 5.74) is 7.73. The van der Waals surface area contributed by atoms with Crippen molar-refractivity contribution in [3.63, 3.8) is 0 Å². The van der Waals surface area contributed by atoms with Crippen molar-refractivity contribution in [2.75, 3.05) is 5.73 Å². The highest BCUT2D eigenvalue weighted by Gasteiger charge is 2.07. The summed E-state index contributed by atoms with van der Waals surface area (Å²) in [5.74, 6) is 0.773. The average molecular weight is 334 g/mol. The third-order valence-corrected chi connectivity index (χ3v) is 4.80. The maximum absolute atomic E-state index is 5.85. The van der Waals surface area contributed by atoms with Crippen LogP contribution in [0, 0.1) is 0 Å². The maximum atomic E-state index is 5.85. The SMILES string of the molecule is Nc1cccc(OCc2csc3ccccc23)c1Br. The lowest BCUT2D eigenvalue weighted by atomic mass is 10.2. The molecule has 0 saturated heterocycles. The molecule has 2 aromatic carbocycles. The Morgan fingerprint density at radius 2 is 1.95 bits per heavy atom. The molecule has 2 nitrogen and oxygen atoms in total. The first-order valence-corrected chi connectivity index (χ1v) is 7.55. The minimum Gasteiger partial charge on any atom is -0.488 e. The Balaban J connectivity index is 1.84. The van der Waals surface area contributed by atoms with Crippen molar-refractivity contribution < 1.29 is 4.74 Å². The molecule has 3 rings (SSSR count). The first kappa shape index (κ1) is 12.5. The number of halogens is 1. The Labute approximate surface area is 123 Å². The summed E-state index contributed by atoms with van der Waals surface area (Å²) in [4.78, 5) is 0. The van der Waals surface area contributed by atoms with Crippen LogP contribution in [0.3, 0.4) is 0 Å². The largest absolute Gasteiger partial charge is 0.488 e. The molecule has 0 aliphatic heterocycles. The summed E-state index contributed by atoms with van der Waals surface area (Å²) in [5, 5.41) is 3.40. The molecule has 1 heterocycles. The number of hydrogen-bond acceptors (Lipinski definition) is 3. The van der Waals surface area contributed by atoms with Gasteiger partial charge in [0.15, 0.2) is 0 Å². The number of nitrogen functional groups attached to an aromatic ring is 1. The summed E-state index contributed by atoms with van der Waals surface area (Å²) < 4.78 is 7.95. The molecule has 0 bridgehead atoms. The second-order valence-electron chi connectivity index (χ2n) is 4.21. The minimum absolute atomic E-state index is 0.548. The minimum atomic E-state index is 0.548. The number of benzene rings is 2. The van der Waals surface area contributed by atoms with Crippen LogP contribution in [0.5, 0.6) is 5.75 Å². The normalized spacial score (nSPS) is 10.8. The molecule has 0 spiro atoms. The molecular weight excluding hydrogens is 322 g/mol. The Morgan fingerprint density at radius 3 is 2.84 bits per heavy atom. The molecule has 96 valence electrons. The lowest BCUT2D eigenvalue weighted by Gasteiger charge is -2.09. The summed E-state index contributed by atoms with van der Waals surface area (Å²) in [6.45, 7) is 0.548. The predicted octanol–water partition coefficient (Wildman–Crippen LogP) is 4.83. The Kier molecular flexibility index (Phi) is 3.44. The van der Waals surface area contributed by atoms with Gasteiger partial charge in [0.2, 0.25) is 0 Å². The van der Waals surface area contributed by atoms with Gasteiger partial charge in [0.25, 0.3) is 0 Å². The molecule has 0 unspecified atom stereocenters. The van der Waals surface area contributed by atoms with Crippen LogP contribution in [0.1, 0.15) is 5.56 Å². The van der Waals surface area contributed by atoms with Crippen molar-refractivity contribution in [1.29, 1.82) is 0 Å².